The molecule has 29 heavy (non-hydrogen) atoms. The molecule has 0 saturated heterocycles. The average Bonchev–Trinajstić information content (AvgIpc) is 3.21. The van der Waals surface area contributed by atoms with Crippen LogP contribution in [0.15, 0.2) is 60.9 Å². The first-order valence-electron chi connectivity index (χ1n) is 8.60. The number of hydrogen-bond donors (Lipinski definition) is 2. The van der Waals surface area contributed by atoms with Crippen molar-refractivity contribution in [3.8, 4) is 0 Å². The molecular weight excluding hydrogens is 377 g/mol. The Morgan fingerprint density at radius 3 is 2.62 bits per heavy atom. The van der Waals surface area contributed by atoms with Crippen molar-refractivity contribution in [1.29, 1.82) is 0 Å². The largest absolute Gasteiger partial charge is 0.457 e. The fourth-order valence-corrected chi connectivity index (χ4v) is 2.74. The van der Waals surface area contributed by atoms with Gasteiger partial charge in [-0.25, -0.2) is 9.78 Å². The van der Waals surface area contributed by atoms with Crippen LogP contribution in [0.3, 0.4) is 0 Å². The van der Waals surface area contributed by atoms with Crippen molar-refractivity contribution in [3.05, 3.63) is 83.7 Å². The number of aromatic nitrogens is 4. The number of amides is 1. The standard InChI is InChI=1S/C20H14FN5O3/c21-20-25-16-15(22-11-23-16)17(26-20)24-18(27)14-9-5-4-8-13(14)10-29-19(28)12-6-2-1-3-7-12/h1-9,11H,10H2,(H2,22,23,24,25,26,27). The Bertz CT molecular complexity index is 1190. The molecule has 2 aromatic carbocycles. The first-order valence-corrected chi connectivity index (χ1v) is 8.60. The van der Waals surface area contributed by atoms with Crippen molar-refractivity contribution < 1.29 is 18.7 Å². The Kier molecular flexibility index (Phi) is 4.93. The summed E-state index contributed by atoms with van der Waals surface area (Å²) in [5.41, 5.74) is 1.56. The number of carbonyl (C=O) groups excluding carboxylic acids is 2. The number of esters is 1. The third kappa shape index (κ3) is 3.93. The molecule has 0 atom stereocenters. The molecule has 0 aliphatic carbocycles. The molecule has 0 spiro atoms. The van der Waals surface area contributed by atoms with Gasteiger partial charge in [0.2, 0.25) is 0 Å². The maximum Gasteiger partial charge on any atom is 0.338 e. The minimum Gasteiger partial charge on any atom is -0.457 e. The summed E-state index contributed by atoms with van der Waals surface area (Å²) in [6.45, 7) is -0.102. The van der Waals surface area contributed by atoms with Crippen LogP contribution in [-0.4, -0.2) is 31.8 Å². The predicted octanol–water partition coefficient (Wildman–Crippen LogP) is 3.10. The van der Waals surface area contributed by atoms with E-state index >= 15 is 0 Å². The molecule has 2 N–H and O–H groups in total. The van der Waals surface area contributed by atoms with Crippen LogP contribution in [0.2, 0.25) is 0 Å². The normalized spacial score (nSPS) is 10.7. The minimum absolute atomic E-state index is 0.0360. The molecular formula is C20H14FN5O3. The van der Waals surface area contributed by atoms with E-state index in [4.69, 9.17) is 4.74 Å². The molecule has 9 heteroatoms. The molecule has 4 aromatic rings. The van der Waals surface area contributed by atoms with Crippen molar-refractivity contribution >= 4 is 28.9 Å². The van der Waals surface area contributed by atoms with Crippen molar-refractivity contribution in [2.24, 2.45) is 0 Å². The molecule has 0 bridgehead atoms. The molecule has 2 aromatic heterocycles. The molecule has 0 aliphatic heterocycles. The zero-order valence-electron chi connectivity index (χ0n) is 14.9. The Balaban J connectivity index is 1.53. The van der Waals surface area contributed by atoms with Gasteiger partial charge < -0.3 is 15.0 Å². The quantitative estimate of drug-likeness (QED) is 0.400. The van der Waals surface area contributed by atoms with E-state index in [0.717, 1.165) is 0 Å². The van der Waals surface area contributed by atoms with Crippen molar-refractivity contribution in [1.82, 2.24) is 19.9 Å². The molecule has 1 amide bonds. The van der Waals surface area contributed by atoms with E-state index < -0.39 is 18.0 Å². The topological polar surface area (TPSA) is 110 Å². The Hall–Kier alpha value is -4.14. The molecule has 144 valence electrons. The smallest absolute Gasteiger partial charge is 0.338 e. The van der Waals surface area contributed by atoms with E-state index in [1.807, 2.05) is 0 Å². The highest BCUT2D eigenvalue weighted by molar-refractivity contribution is 6.07. The van der Waals surface area contributed by atoms with Gasteiger partial charge in [-0.2, -0.15) is 14.4 Å². The molecule has 0 aliphatic rings. The van der Waals surface area contributed by atoms with Gasteiger partial charge in [0.25, 0.3) is 5.91 Å². The zero-order valence-corrected chi connectivity index (χ0v) is 14.9. The summed E-state index contributed by atoms with van der Waals surface area (Å²) in [7, 11) is 0. The highest BCUT2D eigenvalue weighted by atomic mass is 19.1. The summed E-state index contributed by atoms with van der Waals surface area (Å²) in [5, 5.41) is 2.55. The van der Waals surface area contributed by atoms with Crippen molar-refractivity contribution in [2.45, 2.75) is 6.61 Å². The summed E-state index contributed by atoms with van der Waals surface area (Å²) in [4.78, 5) is 38.7. The number of nitrogens with zero attached hydrogens (tertiary/aromatic N) is 3. The number of halogens is 1. The van der Waals surface area contributed by atoms with E-state index in [1.165, 1.54) is 6.33 Å². The summed E-state index contributed by atoms with van der Waals surface area (Å²) < 4.78 is 18.9. The summed E-state index contributed by atoms with van der Waals surface area (Å²) in [6, 6.07) is 15.2. The number of ether oxygens (including phenoxy) is 1. The predicted molar refractivity (Wildman–Crippen MR) is 102 cm³/mol. The van der Waals surface area contributed by atoms with E-state index in [1.54, 1.807) is 54.6 Å². The van der Waals surface area contributed by atoms with Crippen LogP contribution in [-0.2, 0) is 11.3 Å². The van der Waals surface area contributed by atoms with Crippen LogP contribution in [0.25, 0.3) is 11.2 Å². The summed E-state index contributed by atoms with van der Waals surface area (Å²) in [5.74, 6) is -1.07. The number of benzene rings is 2. The number of aromatic amines is 1. The Morgan fingerprint density at radius 1 is 1.03 bits per heavy atom. The Labute approximate surface area is 163 Å². The molecule has 0 unspecified atom stereocenters. The van der Waals surface area contributed by atoms with Crippen LogP contribution in [0, 0.1) is 6.08 Å². The molecule has 0 saturated carbocycles. The number of imidazole rings is 1. The first kappa shape index (κ1) is 18.2. The average molecular weight is 391 g/mol. The van der Waals surface area contributed by atoms with Gasteiger partial charge in [0.15, 0.2) is 11.5 Å². The molecule has 2 heterocycles. The van der Waals surface area contributed by atoms with Crippen LogP contribution < -0.4 is 5.32 Å². The number of fused-ring (bicyclic) bond motifs is 1. The van der Waals surface area contributed by atoms with Gasteiger partial charge in [0.05, 0.1) is 11.9 Å². The van der Waals surface area contributed by atoms with Crippen molar-refractivity contribution in [3.63, 3.8) is 0 Å². The number of nitrogens with one attached hydrogen (secondary N) is 2. The van der Waals surface area contributed by atoms with Gasteiger partial charge in [0.1, 0.15) is 12.1 Å². The highest BCUT2D eigenvalue weighted by Crippen LogP contribution is 2.19. The van der Waals surface area contributed by atoms with E-state index in [-0.39, 0.29) is 23.6 Å². The molecule has 0 fully saturated rings. The van der Waals surface area contributed by atoms with E-state index in [9.17, 15) is 14.0 Å². The lowest BCUT2D eigenvalue weighted by atomic mass is 10.1. The maximum atomic E-state index is 13.6. The maximum absolute atomic E-state index is 13.6. The van der Waals surface area contributed by atoms with Gasteiger partial charge in [0, 0.05) is 11.1 Å². The number of hydrogen-bond acceptors (Lipinski definition) is 6. The second kappa shape index (κ2) is 7.85. The van der Waals surface area contributed by atoms with Crippen LogP contribution >= 0.6 is 0 Å². The lowest BCUT2D eigenvalue weighted by Gasteiger charge is -2.11. The second-order valence-corrected chi connectivity index (χ2v) is 6.00. The van der Waals surface area contributed by atoms with Gasteiger partial charge in [-0.05, 0) is 18.2 Å². The number of H-pyrrole nitrogens is 1. The zero-order chi connectivity index (χ0) is 20.2. The van der Waals surface area contributed by atoms with Crippen LogP contribution in [0.5, 0.6) is 0 Å². The SMILES string of the molecule is O=C(OCc1ccccc1C(=O)Nc1nc(F)nc2nc[nH]c12)c1ccccc1. The van der Waals surface area contributed by atoms with Gasteiger partial charge in [-0.15, -0.1) is 0 Å². The lowest BCUT2D eigenvalue weighted by Crippen LogP contribution is -2.17. The minimum atomic E-state index is -1.01. The monoisotopic (exact) mass is 391 g/mol. The fraction of sp³-hybridized carbons (Fsp3) is 0.0500. The third-order valence-electron chi connectivity index (χ3n) is 4.12. The second-order valence-electron chi connectivity index (χ2n) is 6.00. The Morgan fingerprint density at radius 2 is 1.79 bits per heavy atom. The van der Waals surface area contributed by atoms with Gasteiger partial charge in [-0.3, -0.25) is 4.79 Å². The summed E-state index contributed by atoms with van der Waals surface area (Å²) >= 11 is 0. The van der Waals surface area contributed by atoms with Crippen LogP contribution in [0.1, 0.15) is 26.3 Å². The third-order valence-corrected chi connectivity index (χ3v) is 4.12. The van der Waals surface area contributed by atoms with Gasteiger partial charge in [-0.1, -0.05) is 36.4 Å². The van der Waals surface area contributed by atoms with Crippen LogP contribution in [0.4, 0.5) is 10.2 Å². The van der Waals surface area contributed by atoms with E-state index in [2.05, 4.69) is 25.3 Å². The molecule has 4 rings (SSSR count). The molecule has 8 nitrogen and oxygen atoms in total. The van der Waals surface area contributed by atoms with Crippen molar-refractivity contribution in [2.75, 3.05) is 5.32 Å². The molecule has 0 radical (unpaired) electrons. The fourth-order valence-electron chi connectivity index (χ4n) is 2.74. The number of rotatable bonds is 5. The first-order chi connectivity index (χ1) is 14.1. The number of anilines is 1. The lowest BCUT2D eigenvalue weighted by molar-refractivity contribution is 0.0470. The number of carbonyl (C=O) groups is 2. The van der Waals surface area contributed by atoms with Gasteiger partial charge >= 0.3 is 12.0 Å². The summed E-state index contributed by atoms with van der Waals surface area (Å²) in [6.07, 6.45) is 0.316. The van der Waals surface area contributed by atoms with E-state index in [0.29, 0.717) is 16.6 Å². The highest BCUT2D eigenvalue weighted by Gasteiger charge is 2.17.